The average Bonchev–Trinajstić information content (AvgIpc) is 2.56. The molecule has 0 bridgehead atoms. The number of rotatable bonds is 9. The normalized spacial score (nSPS) is 13.9. The fourth-order valence-electron chi connectivity index (χ4n) is 2.63. The van der Waals surface area contributed by atoms with Crippen LogP contribution in [0.25, 0.3) is 0 Å². The maximum absolute atomic E-state index is 12.3. The largest absolute Gasteiger partial charge is 0.481 e. The molecular formula is C18H26N2O7S. The topological polar surface area (TPSA) is 139 Å². The van der Waals surface area contributed by atoms with Crippen molar-refractivity contribution in [3.8, 4) is 0 Å². The van der Waals surface area contributed by atoms with Gasteiger partial charge in [0.05, 0.1) is 6.42 Å². The number of aliphatic carboxylic acids is 1. The minimum Gasteiger partial charge on any atom is -0.481 e. The molecule has 0 aromatic heterocycles. The predicted octanol–water partition coefficient (Wildman–Crippen LogP) is 1.29. The van der Waals surface area contributed by atoms with Gasteiger partial charge in [-0.2, -0.15) is 0 Å². The third-order valence-electron chi connectivity index (χ3n) is 3.96. The Morgan fingerprint density at radius 1 is 1.14 bits per heavy atom. The van der Waals surface area contributed by atoms with Crippen LogP contribution in [-0.4, -0.2) is 49.2 Å². The molecule has 0 spiro atoms. The summed E-state index contributed by atoms with van der Waals surface area (Å²) in [5, 5.41) is 12.2. The molecule has 1 aromatic carbocycles. The van der Waals surface area contributed by atoms with Crippen molar-refractivity contribution >= 4 is 27.8 Å². The molecule has 0 saturated carbocycles. The second-order valence-corrected chi connectivity index (χ2v) is 9.34. The van der Waals surface area contributed by atoms with E-state index in [0.717, 1.165) is 11.8 Å². The Labute approximate surface area is 164 Å². The summed E-state index contributed by atoms with van der Waals surface area (Å²) in [6.07, 6.45) is -0.396. The van der Waals surface area contributed by atoms with Crippen molar-refractivity contribution in [1.29, 1.82) is 0 Å². The number of carboxylic acids is 1. The lowest BCUT2D eigenvalue weighted by molar-refractivity contribution is -0.139. The van der Waals surface area contributed by atoms with Crippen LogP contribution in [0.1, 0.15) is 32.8 Å². The van der Waals surface area contributed by atoms with E-state index in [9.17, 15) is 22.8 Å². The first kappa shape index (κ1) is 23.4. The highest BCUT2D eigenvalue weighted by atomic mass is 32.2. The summed E-state index contributed by atoms with van der Waals surface area (Å²) in [7, 11) is -3.81. The number of carboxylic acid groups (broad SMARTS) is 1. The third-order valence-corrected chi connectivity index (χ3v) is 5.57. The van der Waals surface area contributed by atoms with Gasteiger partial charge >= 0.3 is 12.1 Å². The molecule has 0 aliphatic rings. The lowest BCUT2D eigenvalue weighted by Crippen LogP contribution is -2.55. The molecule has 2 amide bonds. The van der Waals surface area contributed by atoms with E-state index in [1.165, 1.54) is 20.8 Å². The van der Waals surface area contributed by atoms with Crippen molar-refractivity contribution in [3.63, 3.8) is 0 Å². The maximum atomic E-state index is 12.3. The summed E-state index contributed by atoms with van der Waals surface area (Å²) in [6.45, 7) is 4.24. The van der Waals surface area contributed by atoms with Crippen LogP contribution in [0.5, 0.6) is 0 Å². The summed E-state index contributed by atoms with van der Waals surface area (Å²) in [6, 6.07) is 7.84. The fraction of sp³-hybridized carbons (Fsp3) is 0.500. The van der Waals surface area contributed by atoms with Crippen LogP contribution >= 0.6 is 0 Å². The Morgan fingerprint density at radius 2 is 1.71 bits per heavy atom. The number of amides is 2. The Hall–Kier alpha value is -2.62. The van der Waals surface area contributed by atoms with E-state index in [4.69, 9.17) is 9.84 Å². The fourth-order valence-corrected chi connectivity index (χ4v) is 4.20. The number of carbonyl (C=O) groups is 3. The molecule has 0 saturated heterocycles. The van der Waals surface area contributed by atoms with Gasteiger partial charge < -0.3 is 20.5 Å². The lowest BCUT2D eigenvalue weighted by Gasteiger charge is -2.33. The number of ether oxygens (including phenoxy) is 1. The molecule has 0 aliphatic heterocycles. The van der Waals surface area contributed by atoms with E-state index in [1.54, 1.807) is 24.3 Å². The molecule has 1 aromatic rings. The van der Waals surface area contributed by atoms with Gasteiger partial charge in [-0.05, 0) is 12.5 Å². The van der Waals surface area contributed by atoms with Gasteiger partial charge in [0.1, 0.15) is 18.0 Å². The monoisotopic (exact) mass is 414 g/mol. The van der Waals surface area contributed by atoms with E-state index in [1.807, 2.05) is 6.07 Å². The molecule has 0 heterocycles. The van der Waals surface area contributed by atoms with Gasteiger partial charge in [0.25, 0.3) is 0 Å². The number of alkyl carbamates (subject to hydrolysis) is 1. The molecule has 0 aliphatic carbocycles. The number of benzene rings is 1. The van der Waals surface area contributed by atoms with Crippen molar-refractivity contribution in [2.45, 2.75) is 45.2 Å². The minimum absolute atomic E-state index is 0.0125. The molecule has 1 rings (SSSR count). The maximum Gasteiger partial charge on any atom is 0.408 e. The second kappa shape index (κ2) is 9.54. The zero-order chi connectivity index (χ0) is 21.5. The summed E-state index contributed by atoms with van der Waals surface area (Å²) >= 11 is 0. The molecule has 156 valence electrons. The summed E-state index contributed by atoms with van der Waals surface area (Å²) < 4.78 is 29.2. The standard InChI is InChI=1S/C18H26N2O7S/c1-12(19-17(24)27-11-13-8-6-5-7-9-13)15(23)20-16(28(4,25)26)18(2,3)10-14(21)22/h5-9,12,16H,10-11H2,1-4H3,(H,19,24)(H,20,23)(H,21,22)/t12-,16-/m0/s1. The molecule has 2 atom stereocenters. The van der Waals surface area contributed by atoms with Gasteiger partial charge in [-0.1, -0.05) is 44.2 Å². The van der Waals surface area contributed by atoms with Crippen LogP contribution in [0.3, 0.4) is 0 Å². The Balaban J connectivity index is 2.71. The molecule has 10 heteroatoms. The van der Waals surface area contributed by atoms with Crippen LogP contribution in [0.15, 0.2) is 30.3 Å². The zero-order valence-electron chi connectivity index (χ0n) is 16.3. The van der Waals surface area contributed by atoms with E-state index in [0.29, 0.717) is 0 Å². The summed E-state index contributed by atoms with van der Waals surface area (Å²) in [5.41, 5.74) is -0.495. The minimum atomic E-state index is -3.81. The number of hydrogen-bond donors (Lipinski definition) is 3. The number of nitrogens with one attached hydrogen (secondary N) is 2. The molecule has 0 unspecified atom stereocenters. The first-order chi connectivity index (χ1) is 12.8. The lowest BCUT2D eigenvalue weighted by atomic mass is 9.89. The Bertz CT molecular complexity index is 806. The van der Waals surface area contributed by atoms with Crippen LogP contribution in [0.2, 0.25) is 0 Å². The molecule has 28 heavy (non-hydrogen) atoms. The van der Waals surface area contributed by atoms with E-state index in [2.05, 4.69) is 10.6 Å². The van der Waals surface area contributed by atoms with E-state index >= 15 is 0 Å². The SMILES string of the molecule is C[C@H](NC(=O)OCc1ccccc1)C(=O)N[C@H](C(C)(C)CC(=O)O)S(C)(=O)=O. The van der Waals surface area contributed by atoms with Gasteiger partial charge in [0, 0.05) is 11.7 Å². The van der Waals surface area contributed by atoms with Crippen LogP contribution in [0, 0.1) is 5.41 Å². The molecule has 3 N–H and O–H groups in total. The zero-order valence-corrected chi connectivity index (χ0v) is 17.1. The van der Waals surface area contributed by atoms with Crippen molar-refractivity contribution in [3.05, 3.63) is 35.9 Å². The summed E-state index contributed by atoms with van der Waals surface area (Å²) in [5.74, 6) is -1.96. The molecule has 0 radical (unpaired) electrons. The highest BCUT2D eigenvalue weighted by molar-refractivity contribution is 7.91. The molecule has 0 fully saturated rings. The second-order valence-electron chi connectivity index (χ2n) is 7.21. The van der Waals surface area contributed by atoms with Gasteiger partial charge in [-0.15, -0.1) is 0 Å². The van der Waals surface area contributed by atoms with Crippen LogP contribution in [0.4, 0.5) is 4.79 Å². The number of sulfone groups is 1. The third kappa shape index (κ3) is 7.55. The first-order valence-electron chi connectivity index (χ1n) is 8.51. The van der Waals surface area contributed by atoms with E-state index in [-0.39, 0.29) is 6.61 Å². The first-order valence-corrected chi connectivity index (χ1v) is 10.5. The highest BCUT2D eigenvalue weighted by Gasteiger charge is 2.40. The quantitative estimate of drug-likeness (QED) is 0.553. The molecular weight excluding hydrogens is 388 g/mol. The van der Waals surface area contributed by atoms with Gasteiger partial charge in [-0.3, -0.25) is 9.59 Å². The highest BCUT2D eigenvalue weighted by Crippen LogP contribution is 2.28. The van der Waals surface area contributed by atoms with Crippen molar-refractivity contribution in [2.24, 2.45) is 5.41 Å². The van der Waals surface area contributed by atoms with Crippen LogP contribution in [-0.2, 0) is 30.8 Å². The smallest absolute Gasteiger partial charge is 0.408 e. The van der Waals surface area contributed by atoms with E-state index < -0.39 is 51.1 Å². The Kier molecular flexibility index (Phi) is 7.98. The van der Waals surface area contributed by atoms with Crippen molar-refractivity contribution < 1.29 is 32.6 Å². The Morgan fingerprint density at radius 3 is 2.21 bits per heavy atom. The number of carbonyl (C=O) groups excluding carboxylic acids is 2. The average molecular weight is 414 g/mol. The van der Waals surface area contributed by atoms with Gasteiger partial charge in [0.2, 0.25) is 5.91 Å². The van der Waals surface area contributed by atoms with Crippen molar-refractivity contribution in [1.82, 2.24) is 10.6 Å². The van der Waals surface area contributed by atoms with Crippen LogP contribution < -0.4 is 10.6 Å². The molecule has 9 nitrogen and oxygen atoms in total. The van der Waals surface area contributed by atoms with Gasteiger partial charge in [0.15, 0.2) is 9.84 Å². The predicted molar refractivity (Wildman–Crippen MR) is 102 cm³/mol. The number of hydrogen-bond acceptors (Lipinski definition) is 6. The summed E-state index contributed by atoms with van der Waals surface area (Å²) in [4.78, 5) is 35.2. The van der Waals surface area contributed by atoms with Gasteiger partial charge in [-0.25, -0.2) is 13.2 Å². The van der Waals surface area contributed by atoms with Crippen molar-refractivity contribution in [2.75, 3.05) is 6.26 Å².